The molecule has 0 aromatic heterocycles. The molecule has 0 saturated heterocycles. The first-order valence-electron chi connectivity index (χ1n) is 9.45. The van der Waals surface area contributed by atoms with Crippen LogP contribution in [0.4, 0.5) is 5.69 Å². The van der Waals surface area contributed by atoms with Gasteiger partial charge in [0.05, 0.1) is 13.1 Å². The molecule has 29 heavy (non-hydrogen) atoms. The number of carboxylic acids is 1. The summed E-state index contributed by atoms with van der Waals surface area (Å²) in [5, 5.41) is 12.1. The SMILES string of the molecule is Cc1ccc(NC(=O)CN(CC(=O)O)Cc2ccccc2)cc1-c1ccccc1. The topological polar surface area (TPSA) is 69.6 Å². The van der Waals surface area contributed by atoms with Gasteiger partial charge in [-0.1, -0.05) is 66.7 Å². The highest BCUT2D eigenvalue weighted by Gasteiger charge is 2.15. The summed E-state index contributed by atoms with van der Waals surface area (Å²) in [4.78, 5) is 25.4. The molecule has 0 atom stereocenters. The summed E-state index contributed by atoms with van der Waals surface area (Å²) in [6, 6.07) is 25.3. The predicted molar refractivity (Wildman–Crippen MR) is 115 cm³/mol. The molecule has 3 aromatic carbocycles. The van der Waals surface area contributed by atoms with Gasteiger partial charge in [0.1, 0.15) is 0 Å². The summed E-state index contributed by atoms with van der Waals surface area (Å²) in [7, 11) is 0. The first-order chi connectivity index (χ1) is 14.0. The van der Waals surface area contributed by atoms with Crippen molar-refractivity contribution in [2.75, 3.05) is 18.4 Å². The lowest BCUT2D eigenvalue weighted by atomic mass is 10.00. The first-order valence-corrected chi connectivity index (χ1v) is 9.45. The van der Waals surface area contributed by atoms with Gasteiger partial charge in [-0.05, 0) is 41.3 Å². The maximum Gasteiger partial charge on any atom is 0.317 e. The van der Waals surface area contributed by atoms with Gasteiger partial charge in [0.2, 0.25) is 5.91 Å². The zero-order valence-corrected chi connectivity index (χ0v) is 16.3. The van der Waals surface area contributed by atoms with Gasteiger partial charge in [-0.3, -0.25) is 14.5 Å². The summed E-state index contributed by atoms with van der Waals surface area (Å²) < 4.78 is 0. The summed E-state index contributed by atoms with van der Waals surface area (Å²) in [5.41, 5.74) is 4.90. The smallest absolute Gasteiger partial charge is 0.317 e. The van der Waals surface area contributed by atoms with Crippen molar-refractivity contribution < 1.29 is 14.7 Å². The van der Waals surface area contributed by atoms with Crippen LogP contribution in [0.2, 0.25) is 0 Å². The minimum atomic E-state index is -0.963. The summed E-state index contributed by atoms with van der Waals surface area (Å²) in [6.07, 6.45) is 0. The van der Waals surface area contributed by atoms with Crippen LogP contribution in [-0.2, 0) is 16.1 Å². The number of hydrogen-bond acceptors (Lipinski definition) is 3. The molecule has 0 spiro atoms. The third kappa shape index (κ3) is 6.02. The molecule has 0 radical (unpaired) electrons. The minimum absolute atomic E-state index is 0.00423. The van der Waals surface area contributed by atoms with Gasteiger partial charge >= 0.3 is 5.97 Å². The van der Waals surface area contributed by atoms with Crippen molar-refractivity contribution in [3.05, 3.63) is 90.0 Å². The summed E-state index contributed by atoms with van der Waals surface area (Å²) >= 11 is 0. The maximum atomic E-state index is 12.6. The van der Waals surface area contributed by atoms with Crippen molar-refractivity contribution in [3.63, 3.8) is 0 Å². The third-order valence-electron chi connectivity index (χ3n) is 4.58. The molecule has 0 aliphatic heterocycles. The first kappa shape index (κ1) is 20.3. The molecule has 0 unspecified atom stereocenters. The largest absolute Gasteiger partial charge is 0.480 e. The van der Waals surface area contributed by atoms with E-state index in [1.54, 1.807) is 4.90 Å². The molecule has 0 aliphatic rings. The van der Waals surface area contributed by atoms with E-state index in [-0.39, 0.29) is 19.0 Å². The number of aryl methyl sites for hydroxylation is 1. The number of carboxylic acid groups (broad SMARTS) is 1. The van der Waals surface area contributed by atoms with Gasteiger partial charge < -0.3 is 10.4 Å². The monoisotopic (exact) mass is 388 g/mol. The van der Waals surface area contributed by atoms with E-state index in [1.165, 1.54) is 0 Å². The van der Waals surface area contributed by atoms with E-state index in [0.29, 0.717) is 12.2 Å². The normalized spacial score (nSPS) is 10.7. The van der Waals surface area contributed by atoms with Gasteiger partial charge in [0, 0.05) is 12.2 Å². The van der Waals surface area contributed by atoms with Crippen molar-refractivity contribution in [1.29, 1.82) is 0 Å². The highest BCUT2D eigenvalue weighted by atomic mass is 16.4. The molecule has 1 amide bonds. The van der Waals surface area contributed by atoms with Crippen LogP contribution in [0.5, 0.6) is 0 Å². The van der Waals surface area contributed by atoms with E-state index in [9.17, 15) is 14.7 Å². The molecular weight excluding hydrogens is 364 g/mol. The number of rotatable bonds is 8. The van der Waals surface area contributed by atoms with E-state index < -0.39 is 5.97 Å². The van der Waals surface area contributed by atoms with Crippen LogP contribution < -0.4 is 5.32 Å². The number of amides is 1. The molecule has 5 nitrogen and oxygen atoms in total. The van der Waals surface area contributed by atoms with E-state index in [0.717, 1.165) is 22.3 Å². The molecule has 3 rings (SSSR count). The molecule has 0 bridgehead atoms. The molecule has 0 heterocycles. The Kier molecular flexibility index (Phi) is 6.76. The fraction of sp³-hybridized carbons (Fsp3) is 0.167. The lowest BCUT2D eigenvalue weighted by Crippen LogP contribution is -2.36. The second-order valence-electron chi connectivity index (χ2n) is 6.97. The van der Waals surface area contributed by atoms with Gasteiger partial charge in [-0.15, -0.1) is 0 Å². The van der Waals surface area contributed by atoms with Crippen molar-refractivity contribution in [3.8, 4) is 11.1 Å². The number of nitrogens with zero attached hydrogens (tertiary/aromatic N) is 1. The maximum absolute atomic E-state index is 12.6. The van der Waals surface area contributed by atoms with Crippen LogP contribution in [-0.4, -0.2) is 35.0 Å². The lowest BCUT2D eigenvalue weighted by Gasteiger charge is -2.20. The van der Waals surface area contributed by atoms with Crippen LogP contribution in [0.1, 0.15) is 11.1 Å². The molecule has 3 aromatic rings. The second kappa shape index (κ2) is 9.66. The number of nitrogens with one attached hydrogen (secondary N) is 1. The second-order valence-corrected chi connectivity index (χ2v) is 6.97. The van der Waals surface area contributed by atoms with Crippen LogP contribution in [0.15, 0.2) is 78.9 Å². The Bertz CT molecular complexity index is 972. The highest BCUT2D eigenvalue weighted by Crippen LogP contribution is 2.26. The van der Waals surface area contributed by atoms with Gasteiger partial charge in [0.15, 0.2) is 0 Å². The molecule has 0 aliphatic carbocycles. The van der Waals surface area contributed by atoms with Crippen molar-refractivity contribution in [2.24, 2.45) is 0 Å². The zero-order valence-electron chi connectivity index (χ0n) is 16.3. The molecule has 2 N–H and O–H groups in total. The van der Waals surface area contributed by atoms with E-state index >= 15 is 0 Å². The zero-order chi connectivity index (χ0) is 20.6. The van der Waals surface area contributed by atoms with E-state index in [1.807, 2.05) is 85.8 Å². The average Bonchev–Trinajstić information content (AvgIpc) is 2.70. The molecular formula is C24H24N2O3. The Morgan fingerprint density at radius 1 is 0.897 bits per heavy atom. The molecule has 0 saturated carbocycles. The quantitative estimate of drug-likeness (QED) is 0.607. The standard InChI is InChI=1S/C24H24N2O3/c1-18-12-13-21(14-22(18)20-10-6-3-7-11-20)25-23(27)16-26(17-24(28)29)15-19-8-4-2-5-9-19/h2-14H,15-17H2,1H3,(H,25,27)(H,28,29). The average molecular weight is 388 g/mol. The van der Waals surface area contributed by atoms with Crippen LogP contribution in [0.3, 0.4) is 0 Å². The fourth-order valence-electron chi connectivity index (χ4n) is 3.23. The fourth-order valence-corrected chi connectivity index (χ4v) is 3.23. The summed E-state index contributed by atoms with van der Waals surface area (Å²) in [5.74, 6) is -1.21. The van der Waals surface area contributed by atoms with E-state index in [4.69, 9.17) is 0 Å². The van der Waals surface area contributed by atoms with E-state index in [2.05, 4.69) is 5.32 Å². The Morgan fingerprint density at radius 3 is 2.21 bits per heavy atom. The van der Waals surface area contributed by atoms with Crippen molar-refractivity contribution in [1.82, 2.24) is 4.90 Å². The lowest BCUT2D eigenvalue weighted by molar-refractivity contribution is -0.138. The number of anilines is 1. The number of hydrogen-bond donors (Lipinski definition) is 2. The Morgan fingerprint density at radius 2 is 1.55 bits per heavy atom. The van der Waals surface area contributed by atoms with Crippen LogP contribution >= 0.6 is 0 Å². The Hall–Kier alpha value is -3.44. The summed E-state index contributed by atoms with van der Waals surface area (Å²) in [6.45, 7) is 2.22. The Balaban J connectivity index is 1.70. The molecule has 148 valence electrons. The minimum Gasteiger partial charge on any atom is -0.480 e. The van der Waals surface area contributed by atoms with Gasteiger partial charge in [0.25, 0.3) is 0 Å². The van der Waals surface area contributed by atoms with Crippen molar-refractivity contribution >= 4 is 17.6 Å². The number of aliphatic carboxylic acids is 1. The number of benzene rings is 3. The number of carbonyl (C=O) groups excluding carboxylic acids is 1. The van der Waals surface area contributed by atoms with Crippen LogP contribution in [0.25, 0.3) is 11.1 Å². The third-order valence-corrected chi connectivity index (χ3v) is 4.58. The highest BCUT2D eigenvalue weighted by molar-refractivity contribution is 5.93. The Labute approximate surface area is 170 Å². The van der Waals surface area contributed by atoms with Crippen molar-refractivity contribution in [2.45, 2.75) is 13.5 Å². The predicted octanol–water partition coefficient (Wildman–Crippen LogP) is 4.19. The molecule has 5 heteroatoms. The molecule has 0 fully saturated rings. The van der Waals surface area contributed by atoms with Gasteiger partial charge in [-0.25, -0.2) is 0 Å². The van der Waals surface area contributed by atoms with Crippen LogP contribution in [0, 0.1) is 6.92 Å². The van der Waals surface area contributed by atoms with Gasteiger partial charge in [-0.2, -0.15) is 0 Å². The number of carbonyl (C=O) groups is 2.